The van der Waals surface area contributed by atoms with Crippen molar-refractivity contribution >= 4 is 21.9 Å². The number of non-ortho nitro benzene ring substituents is 1. The molecule has 0 heterocycles. The molecule has 0 radical (unpaired) electrons. The maximum atomic E-state index is 12.2. The highest BCUT2D eigenvalue weighted by atomic mass is 32.2. The van der Waals surface area contributed by atoms with Crippen molar-refractivity contribution in [1.82, 2.24) is 4.83 Å². The van der Waals surface area contributed by atoms with E-state index in [1.807, 2.05) is 4.83 Å². The number of nitro groups is 1. The van der Waals surface area contributed by atoms with Crippen LogP contribution in [0.3, 0.4) is 0 Å². The Morgan fingerprint density at radius 1 is 1.12 bits per heavy atom. The molecule has 0 bridgehead atoms. The van der Waals surface area contributed by atoms with E-state index in [2.05, 4.69) is 5.10 Å². The quantitative estimate of drug-likeness (QED) is 0.455. The summed E-state index contributed by atoms with van der Waals surface area (Å²) in [4.78, 5) is 12.1. The third-order valence-corrected chi connectivity index (χ3v) is 4.35. The summed E-state index contributed by atoms with van der Waals surface area (Å²) in [5.41, 5.74) is 0.260. The molecular weight excluding hydrogens is 350 g/mol. The third kappa shape index (κ3) is 4.44. The third-order valence-electron chi connectivity index (χ3n) is 3.13. The van der Waals surface area contributed by atoms with Crippen molar-refractivity contribution in [3.05, 3.63) is 58.1 Å². The van der Waals surface area contributed by atoms with Crippen LogP contribution in [0.4, 0.5) is 5.69 Å². The van der Waals surface area contributed by atoms with Crippen LogP contribution in [0.15, 0.2) is 52.5 Å². The van der Waals surface area contributed by atoms with Gasteiger partial charge in [-0.05, 0) is 12.1 Å². The van der Waals surface area contributed by atoms with Gasteiger partial charge in [-0.3, -0.25) is 10.1 Å². The number of methoxy groups -OCH3 is 2. The molecule has 0 spiro atoms. The van der Waals surface area contributed by atoms with E-state index >= 15 is 0 Å². The maximum absolute atomic E-state index is 12.2. The fourth-order valence-electron chi connectivity index (χ4n) is 1.93. The number of hydrogen-bond acceptors (Lipinski definition) is 7. The highest BCUT2D eigenvalue weighted by molar-refractivity contribution is 7.89. The zero-order valence-electron chi connectivity index (χ0n) is 13.4. The van der Waals surface area contributed by atoms with E-state index in [0.29, 0.717) is 11.3 Å². The predicted molar refractivity (Wildman–Crippen MR) is 90.6 cm³/mol. The molecule has 9 nitrogen and oxygen atoms in total. The minimum atomic E-state index is -3.93. The van der Waals surface area contributed by atoms with E-state index in [0.717, 1.165) is 0 Å². The second-order valence-corrected chi connectivity index (χ2v) is 6.38. The first kappa shape index (κ1) is 18.2. The predicted octanol–water partition coefficient (Wildman–Crippen LogP) is 1.92. The molecule has 1 N–H and O–H groups in total. The SMILES string of the molecule is COc1ccc(S(=O)(=O)N/N=C/c2cccc([N+](=O)[O-])c2)cc1OC. The Labute approximate surface area is 144 Å². The van der Waals surface area contributed by atoms with Gasteiger partial charge >= 0.3 is 0 Å². The normalized spacial score (nSPS) is 11.3. The lowest BCUT2D eigenvalue weighted by Crippen LogP contribution is -2.18. The highest BCUT2D eigenvalue weighted by Crippen LogP contribution is 2.29. The van der Waals surface area contributed by atoms with Gasteiger partial charge in [0.05, 0.1) is 30.3 Å². The summed E-state index contributed by atoms with van der Waals surface area (Å²) < 4.78 is 34.6. The van der Waals surface area contributed by atoms with E-state index in [1.54, 1.807) is 6.07 Å². The molecule has 0 aliphatic rings. The minimum absolute atomic E-state index is 0.0682. The summed E-state index contributed by atoms with van der Waals surface area (Å²) in [5.74, 6) is 0.648. The lowest BCUT2D eigenvalue weighted by Gasteiger charge is -2.09. The van der Waals surface area contributed by atoms with Crippen molar-refractivity contribution < 1.29 is 22.8 Å². The van der Waals surface area contributed by atoms with Crippen molar-refractivity contribution in [3.8, 4) is 11.5 Å². The Morgan fingerprint density at radius 2 is 1.84 bits per heavy atom. The van der Waals surface area contributed by atoms with Gasteiger partial charge in [-0.2, -0.15) is 13.5 Å². The van der Waals surface area contributed by atoms with Gasteiger partial charge in [0, 0.05) is 23.8 Å². The molecule has 0 unspecified atom stereocenters. The number of rotatable bonds is 7. The monoisotopic (exact) mass is 365 g/mol. The lowest BCUT2D eigenvalue weighted by molar-refractivity contribution is -0.384. The summed E-state index contributed by atoms with van der Waals surface area (Å²) in [6, 6.07) is 9.72. The molecule has 0 amide bonds. The number of nitrogens with one attached hydrogen (secondary N) is 1. The van der Waals surface area contributed by atoms with Crippen molar-refractivity contribution in [2.45, 2.75) is 4.90 Å². The molecule has 25 heavy (non-hydrogen) atoms. The summed E-state index contributed by atoms with van der Waals surface area (Å²) in [5, 5.41) is 14.3. The maximum Gasteiger partial charge on any atom is 0.276 e. The second kappa shape index (κ2) is 7.62. The van der Waals surface area contributed by atoms with Gasteiger partial charge in [-0.1, -0.05) is 12.1 Å². The fraction of sp³-hybridized carbons (Fsp3) is 0.133. The van der Waals surface area contributed by atoms with Crippen LogP contribution in [-0.2, 0) is 10.0 Å². The number of hydrazone groups is 1. The minimum Gasteiger partial charge on any atom is -0.493 e. The number of nitro benzene ring substituents is 1. The summed E-state index contributed by atoms with van der Waals surface area (Å²) in [6.45, 7) is 0. The summed E-state index contributed by atoms with van der Waals surface area (Å²) >= 11 is 0. The van der Waals surface area contributed by atoms with Gasteiger partial charge in [-0.25, -0.2) is 4.83 Å². The average molecular weight is 365 g/mol. The standard InChI is InChI=1S/C15H15N3O6S/c1-23-14-7-6-13(9-15(14)24-2)25(21,22)17-16-10-11-4-3-5-12(8-11)18(19)20/h3-10,17H,1-2H3/b16-10+. The van der Waals surface area contributed by atoms with E-state index < -0.39 is 14.9 Å². The van der Waals surface area contributed by atoms with E-state index in [4.69, 9.17) is 9.47 Å². The Morgan fingerprint density at radius 3 is 2.48 bits per heavy atom. The van der Waals surface area contributed by atoms with Crippen LogP contribution in [0.25, 0.3) is 0 Å². The first-order valence-electron chi connectivity index (χ1n) is 6.88. The van der Waals surface area contributed by atoms with Gasteiger partial charge < -0.3 is 9.47 Å². The van der Waals surface area contributed by atoms with Gasteiger partial charge in [0.1, 0.15) is 0 Å². The van der Waals surface area contributed by atoms with Gasteiger partial charge in [0.15, 0.2) is 11.5 Å². The van der Waals surface area contributed by atoms with Crippen molar-refractivity contribution in [2.75, 3.05) is 14.2 Å². The molecule has 0 fully saturated rings. The molecule has 0 saturated carbocycles. The molecule has 2 aromatic rings. The molecule has 0 aliphatic carbocycles. The zero-order valence-corrected chi connectivity index (χ0v) is 14.2. The first-order valence-corrected chi connectivity index (χ1v) is 8.37. The fourth-order valence-corrected chi connectivity index (χ4v) is 2.73. The van der Waals surface area contributed by atoms with Crippen molar-refractivity contribution in [1.29, 1.82) is 0 Å². The number of nitrogens with zero attached hydrogens (tertiary/aromatic N) is 2. The molecule has 2 aromatic carbocycles. The van der Waals surface area contributed by atoms with Crippen LogP contribution in [-0.4, -0.2) is 33.8 Å². The van der Waals surface area contributed by atoms with Gasteiger partial charge in [-0.15, -0.1) is 0 Å². The molecule has 0 aliphatic heterocycles. The smallest absolute Gasteiger partial charge is 0.276 e. The molecule has 10 heteroatoms. The Balaban J connectivity index is 2.19. The van der Waals surface area contributed by atoms with Crippen LogP contribution in [0.1, 0.15) is 5.56 Å². The highest BCUT2D eigenvalue weighted by Gasteiger charge is 2.16. The summed E-state index contributed by atoms with van der Waals surface area (Å²) in [6.07, 6.45) is 1.17. The second-order valence-electron chi connectivity index (χ2n) is 4.72. The molecule has 132 valence electrons. The Hall–Kier alpha value is -3.14. The van der Waals surface area contributed by atoms with Gasteiger partial charge in [0.25, 0.3) is 15.7 Å². The van der Waals surface area contributed by atoms with Crippen LogP contribution in [0.5, 0.6) is 11.5 Å². The number of benzene rings is 2. The Kier molecular flexibility index (Phi) is 5.55. The van der Waals surface area contributed by atoms with Crippen LogP contribution < -0.4 is 14.3 Å². The zero-order chi connectivity index (χ0) is 18.4. The number of hydrogen-bond donors (Lipinski definition) is 1. The van der Waals surface area contributed by atoms with Crippen molar-refractivity contribution in [3.63, 3.8) is 0 Å². The topological polar surface area (TPSA) is 120 Å². The van der Waals surface area contributed by atoms with E-state index in [9.17, 15) is 18.5 Å². The molecular formula is C15H15N3O6S. The molecule has 0 atom stereocenters. The molecule has 0 aromatic heterocycles. The van der Waals surface area contributed by atoms with Crippen LogP contribution in [0, 0.1) is 10.1 Å². The lowest BCUT2D eigenvalue weighted by atomic mass is 10.2. The number of sulfonamides is 1. The van der Waals surface area contributed by atoms with E-state index in [-0.39, 0.29) is 16.3 Å². The molecule has 2 rings (SSSR count). The van der Waals surface area contributed by atoms with E-state index in [1.165, 1.54) is 56.8 Å². The largest absolute Gasteiger partial charge is 0.493 e. The first-order chi connectivity index (χ1) is 11.9. The Bertz CT molecular complexity index is 911. The van der Waals surface area contributed by atoms with Crippen LogP contribution >= 0.6 is 0 Å². The van der Waals surface area contributed by atoms with Crippen LogP contribution in [0.2, 0.25) is 0 Å². The molecule has 0 saturated heterocycles. The average Bonchev–Trinajstić information content (AvgIpc) is 2.61. The summed E-state index contributed by atoms with van der Waals surface area (Å²) in [7, 11) is -1.10. The van der Waals surface area contributed by atoms with Crippen molar-refractivity contribution in [2.24, 2.45) is 5.10 Å². The van der Waals surface area contributed by atoms with Gasteiger partial charge in [0.2, 0.25) is 0 Å². The number of ether oxygens (including phenoxy) is 2.